The van der Waals surface area contributed by atoms with Crippen LogP contribution >= 0.6 is 0 Å². The van der Waals surface area contributed by atoms with E-state index in [0.29, 0.717) is 11.1 Å². The van der Waals surface area contributed by atoms with Crippen molar-refractivity contribution in [1.82, 2.24) is 0 Å². The summed E-state index contributed by atoms with van der Waals surface area (Å²) in [7, 11) is 0. The van der Waals surface area contributed by atoms with Crippen LogP contribution in [0.3, 0.4) is 0 Å². The summed E-state index contributed by atoms with van der Waals surface area (Å²) in [5.41, 5.74) is 0.936. The van der Waals surface area contributed by atoms with Crippen LogP contribution in [0.2, 0.25) is 0 Å². The molecule has 4 aliphatic rings. The first kappa shape index (κ1) is 20.3. The van der Waals surface area contributed by atoms with Crippen LogP contribution in [0.4, 0.5) is 0 Å². The quantitative estimate of drug-likeness (QED) is 0.283. The Balaban J connectivity index is 1.56. The monoisotopic (exact) mass is 414 g/mol. The molecule has 160 valence electrons. The highest BCUT2D eigenvalue weighted by atomic mass is 16.8. The smallest absolute Gasteiger partial charge is 0.338 e. The molecule has 0 aromatic rings. The Morgan fingerprint density at radius 2 is 1.90 bits per heavy atom. The lowest BCUT2D eigenvalue weighted by molar-refractivity contribution is -0.339. The van der Waals surface area contributed by atoms with E-state index in [1.807, 2.05) is 0 Å². The molecule has 9 atom stereocenters. The van der Waals surface area contributed by atoms with E-state index < -0.39 is 73.5 Å². The summed E-state index contributed by atoms with van der Waals surface area (Å²) >= 11 is 0. The van der Waals surface area contributed by atoms with Gasteiger partial charge in [-0.2, -0.15) is 0 Å². The number of carbonyl (C=O) groups excluding carboxylic acids is 2. The first-order valence-corrected chi connectivity index (χ1v) is 9.18. The second-order valence-electron chi connectivity index (χ2n) is 7.35. The molecule has 0 radical (unpaired) electrons. The first-order chi connectivity index (χ1) is 13.8. The molecule has 2 fully saturated rings. The van der Waals surface area contributed by atoms with Gasteiger partial charge in [0.05, 0.1) is 24.4 Å². The van der Waals surface area contributed by atoms with Crippen LogP contribution in [0.5, 0.6) is 0 Å². The van der Waals surface area contributed by atoms with Gasteiger partial charge < -0.3 is 44.1 Å². The molecule has 3 heterocycles. The van der Waals surface area contributed by atoms with Crippen LogP contribution in [0.25, 0.3) is 0 Å². The topological polar surface area (TPSA) is 161 Å². The van der Waals surface area contributed by atoms with E-state index in [1.54, 1.807) is 6.08 Å². The van der Waals surface area contributed by atoms with Crippen LogP contribution in [0.15, 0.2) is 23.5 Å². The van der Waals surface area contributed by atoms with Gasteiger partial charge in [0.2, 0.25) is 6.29 Å². The maximum atomic E-state index is 12.0. The maximum Gasteiger partial charge on any atom is 0.338 e. The Morgan fingerprint density at radius 3 is 2.59 bits per heavy atom. The van der Waals surface area contributed by atoms with Crippen LogP contribution < -0.4 is 0 Å². The molecular formula is C18H22O11. The lowest BCUT2D eigenvalue weighted by atomic mass is 9.84. The van der Waals surface area contributed by atoms with Gasteiger partial charge in [0.15, 0.2) is 6.29 Å². The molecular weight excluding hydrogens is 392 g/mol. The number of hydrogen-bond donors (Lipinski definition) is 4. The Hall–Kier alpha value is -2.02. The molecule has 0 spiro atoms. The van der Waals surface area contributed by atoms with E-state index in [-0.39, 0.29) is 6.61 Å². The number of esters is 2. The predicted molar refractivity (Wildman–Crippen MR) is 89.4 cm³/mol. The van der Waals surface area contributed by atoms with Crippen LogP contribution in [0.1, 0.15) is 6.92 Å². The average Bonchev–Trinajstić information content (AvgIpc) is 3.20. The molecule has 11 heteroatoms. The molecule has 2 saturated heterocycles. The molecule has 1 aliphatic carbocycles. The van der Waals surface area contributed by atoms with Gasteiger partial charge in [-0.3, -0.25) is 4.79 Å². The van der Waals surface area contributed by atoms with Crippen molar-refractivity contribution in [3.8, 4) is 0 Å². The lowest BCUT2D eigenvalue weighted by Crippen LogP contribution is -2.60. The number of aliphatic hydroxyl groups excluding tert-OH is 4. The zero-order chi connectivity index (χ0) is 20.9. The summed E-state index contributed by atoms with van der Waals surface area (Å²) < 4.78 is 27.0. The van der Waals surface area contributed by atoms with Crippen molar-refractivity contribution in [2.24, 2.45) is 11.8 Å². The van der Waals surface area contributed by atoms with E-state index in [4.69, 9.17) is 23.7 Å². The minimum Gasteiger partial charge on any atom is -0.471 e. The largest absolute Gasteiger partial charge is 0.471 e. The third kappa shape index (κ3) is 3.43. The maximum absolute atomic E-state index is 12.0. The third-order valence-electron chi connectivity index (χ3n) is 5.57. The SMILES string of the molecule is CC(=O)OCC1=C[C@H]2OC(=O)C3=CO[C@@H](O[C@H]4O[C@@H](CO)[C@@H](O)[C@@H](O)[C@H]4O)[C@H]1[C@H]32. The molecule has 0 unspecified atom stereocenters. The fourth-order valence-corrected chi connectivity index (χ4v) is 4.12. The first-order valence-electron chi connectivity index (χ1n) is 9.18. The Morgan fingerprint density at radius 1 is 1.14 bits per heavy atom. The van der Waals surface area contributed by atoms with E-state index in [9.17, 15) is 30.0 Å². The number of rotatable bonds is 5. The second kappa shape index (κ2) is 7.67. The number of carbonyl (C=O) groups is 2. The van der Waals surface area contributed by atoms with Crippen molar-refractivity contribution in [2.75, 3.05) is 13.2 Å². The van der Waals surface area contributed by atoms with Gasteiger partial charge in [0, 0.05) is 12.8 Å². The molecule has 0 saturated carbocycles. The molecule has 0 aromatic carbocycles. The van der Waals surface area contributed by atoms with Crippen molar-refractivity contribution < 1.29 is 53.7 Å². The molecule has 29 heavy (non-hydrogen) atoms. The third-order valence-corrected chi connectivity index (χ3v) is 5.57. The molecule has 0 amide bonds. The second-order valence-corrected chi connectivity index (χ2v) is 7.35. The Labute approximate surface area is 165 Å². The van der Waals surface area contributed by atoms with Gasteiger partial charge in [-0.1, -0.05) is 0 Å². The van der Waals surface area contributed by atoms with Crippen LogP contribution in [-0.4, -0.2) is 88.7 Å². The summed E-state index contributed by atoms with van der Waals surface area (Å²) in [4.78, 5) is 23.2. The number of ether oxygens (including phenoxy) is 5. The highest BCUT2D eigenvalue weighted by Crippen LogP contribution is 2.49. The van der Waals surface area contributed by atoms with E-state index >= 15 is 0 Å². The summed E-state index contributed by atoms with van der Waals surface area (Å²) in [5, 5.41) is 39.4. The summed E-state index contributed by atoms with van der Waals surface area (Å²) in [6.07, 6.45) is -6.03. The lowest BCUT2D eigenvalue weighted by Gasteiger charge is -2.42. The standard InChI is InChI=1S/C18H22O11/c1-6(20)25-4-7-2-9-12-8(16(24)27-9)5-26-17(11(7)12)29-18-15(23)14(22)13(21)10(3-19)28-18/h2,5,9-15,17-19,21-23H,3-4H2,1H3/t9-,10+,11-,12-,13-,14-,15-,17+,18-/m1/s1. The van der Waals surface area contributed by atoms with Gasteiger partial charge in [-0.15, -0.1) is 0 Å². The number of aliphatic hydroxyl groups is 4. The minimum atomic E-state index is -1.61. The number of hydrogen-bond acceptors (Lipinski definition) is 11. The van der Waals surface area contributed by atoms with Gasteiger partial charge in [-0.05, 0) is 11.6 Å². The molecule has 11 nitrogen and oxygen atoms in total. The fourth-order valence-electron chi connectivity index (χ4n) is 4.12. The van der Waals surface area contributed by atoms with E-state index in [0.717, 1.165) is 0 Å². The summed E-state index contributed by atoms with van der Waals surface area (Å²) in [6.45, 7) is 0.602. The van der Waals surface area contributed by atoms with Crippen molar-refractivity contribution in [1.29, 1.82) is 0 Å². The molecule has 0 aromatic heterocycles. The van der Waals surface area contributed by atoms with Gasteiger partial charge in [0.1, 0.15) is 37.1 Å². The molecule has 4 rings (SSSR count). The fraction of sp³-hybridized carbons (Fsp3) is 0.667. The molecule has 4 N–H and O–H groups in total. The minimum absolute atomic E-state index is 0.0598. The van der Waals surface area contributed by atoms with E-state index in [1.165, 1.54) is 13.2 Å². The Kier molecular flexibility index (Phi) is 5.36. The average molecular weight is 414 g/mol. The highest BCUT2D eigenvalue weighted by molar-refractivity contribution is 5.92. The predicted octanol–water partition coefficient (Wildman–Crippen LogP) is -2.30. The van der Waals surface area contributed by atoms with E-state index in [2.05, 4.69) is 0 Å². The van der Waals surface area contributed by atoms with Crippen molar-refractivity contribution in [2.45, 2.75) is 50.0 Å². The van der Waals surface area contributed by atoms with Crippen molar-refractivity contribution in [3.05, 3.63) is 23.5 Å². The van der Waals surface area contributed by atoms with Gasteiger partial charge in [-0.25, -0.2) is 4.79 Å². The Bertz CT molecular complexity index is 744. The van der Waals surface area contributed by atoms with Gasteiger partial charge in [0.25, 0.3) is 0 Å². The molecule has 3 aliphatic heterocycles. The van der Waals surface area contributed by atoms with Crippen LogP contribution in [0, 0.1) is 11.8 Å². The zero-order valence-corrected chi connectivity index (χ0v) is 15.4. The summed E-state index contributed by atoms with van der Waals surface area (Å²) in [6, 6.07) is 0. The van der Waals surface area contributed by atoms with Crippen molar-refractivity contribution in [3.63, 3.8) is 0 Å². The molecule has 0 bridgehead atoms. The highest BCUT2D eigenvalue weighted by Gasteiger charge is 2.56. The normalized spacial score (nSPS) is 43.1. The van der Waals surface area contributed by atoms with Crippen molar-refractivity contribution >= 4 is 11.9 Å². The van der Waals surface area contributed by atoms with Gasteiger partial charge >= 0.3 is 11.9 Å². The van der Waals surface area contributed by atoms with Crippen LogP contribution in [-0.2, 0) is 33.3 Å². The summed E-state index contributed by atoms with van der Waals surface area (Å²) in [5.74, 6) is -1.99. The zero-order valence-electron chi connectivity index (χ0n) is 15.4.